The Morgan fingerprint density at radius 2 is 1.72 bits per heavy atom. The number of fused-ring (bicyclic) bond motifs is 1. The molecule has 0 spiro atoms. The van der Waals surface area contributed by atoms with Crippen LogP contribution in [-0.4, -0.2) is 37.3 Å². The minimum Gasteiger partial charge on any atom is -0.493 e. The topological polar surface area (TPSA) is 73.4 Å². The fourth-order valence-corrected chi connectivity index (χ4v) is 2.59. The largest absolute Gasteiger partial charge is 0.493 e. The van der Waals surface area contributed by atoms with Crippen LogP contribution < -0.4 is 14.2 Å². The molecule has 0 saturated heterocycles. The summed E-state index contributed by atoms with van der Waals surface area (Å²) >= 11 is 0. The van der Waals surface area contributed by atoms with Crippen molar-refractivity contribution in [1.29, 1.82) is 0 Å². The Labute approximate surface area is 145 Å². The van der Waals surface area contributed by atoms with Crippen molar-refractivity contribution in [2.45, 2.75) is 0 Å². The number of benzene rings is 2. The molecular formula is C19H18N2O4. The van der Waals surface area contributed by atoms with E-state index in [0.717, 1.165) is 10.9 Å². The van der Waals surface area contributed by atoms with Gasteiger partial charge in [-0.15, -0.1) is 0 Å². The SMILES string of the molecule is COc1cc(C(=O)/C=C/c2n[nH]c3ccccc23)cc(OC)c1OC. The molecule has 2 aromatic carbocycles. The second kappa shape index (κ2) is 7.09. The number of carbonyl (C=O) groups is 1. The van der Waals surface area contributed by atoms with Gasteiger partial charge in [-0.3, -0.25) is 9.89 Å². The van der Waals surface area contributed by atoms with Crippen LogP contribution in [0.25, 0.3) is 17.0 Å². The van der Waals surface area contributed by atoms with Gasteiger partial charge in [-0.05, 0) is 30.4 Å². The molecule has 1 aromatic heterocycles. The van der Waals surface area contributed by atoms with Crippen LogP contribution in [0.1, 0.15) is 16.1 Å². The number of aromatic amines is 1. The van der Waals surface area contributed by atoms with Crippen LogP contribution in [0.5, 0.6) is 17.2 Å². The van der Waals surface area contributed by atoms with Crippen LogP contribution in [-0.2, 0) is 0 Å². The molecule has 0 fully saturated rings. The number of methoxy groups -OCH3 is 3. The number of nitrogens with zero attached hydrogens (tertiary/aromatic N) is 1. The number of hydrogen-bond donors (Lipinski definition) is 1. The molecule has 0 aliphatic rings. The zero-order chi connectivity index (χ0) is 17.8. The Balaban J connectivity index is 1.93. The summed E-state index contributed by atoms with van der Waals surface area (Å²) in [6, 6.07) is 11.0. The lowest BCUT2D eigenvalue weighted by Crippen LogP contribution is -2.00. The van der Waals surface area contributed by atoms with Crippen molar-refractivity contribution in [3.05, 3.63) is 53.7 Å². The Kier molecular flexibility index (Phi) is 4.70. The quantitative estimate of drug-likeness (QED) is 0.550. The van der Waals surface area contributed by atoms with Crippen LogP contribution >= 0.6 is 0 Å². The number of ketones is 1. The normalized spacial score (nSPS) is 11.0. The smallest absolute Gasteiger partial charge is 0.203 e. The number of carbonyl (C=O) groups excluding carboxylic acids is 1. The maximum Gasteiger partial charge on any atom is 0.203 e. The fourth-order valence-electron chi connectivity index (χ4n) is 2.59. The summed E-state index contributed by atoms with van der Waals surface area (Å²) in [6.45, 7) is 0. The molecule has 0 aliphatic heterocycles. The summed E-state index contributed by atoms with van der Waals surface area (Å²) in [5.74, 6) is 1.13. The molecule has 0 aliphatic carbocycles. The van der Waals surface area contributed by atoms with Gasteiger partial charge < -0.3 is 14.2 Å². The molecule has 0 atom stereocenters. The number of rotatable bonds is 6. The maximum absolute atomic E-state index is 12.5. The molecule has 0 amide bonds. The van der Waals surface area contributed by atoms with Crippen molar-refractivity contribution in [3.63, 3.8) is 0 Å². The molecule has 3 rings (SSSR count). The number of allylic oxidation sites excluding steroid dienone is 1. The number of ether oxygens (including phenoxy) is 3. The Hall–Kier alpha value is -3.28. The minimum absolute atomic E-state index is 0.189. The average Bonchev–Trinajstić information content (AvgIpc) is 3.07. The molecule has 3 aromatic rings. The molecule has 128 valence electrons. The van der Waals surface area contributed by atoms with Crippen LogP contribution in [0.15, 0.2) is 42.5 Å². The van der Waals surface area contributed by atoms with Gasteiger partial charge in [-0.25, -0.2) is 0 Å². The standard InChI is InChI=1S/C19H18N2O4/c1-23-17-10-12(11-18(24-2)19(17)25-3)16(22)9-8-15-13-6-4-5-7-14(13)20-21-15/h4-11H,1-3H3,(H,20,21)/b9-8+. The summed E-state index contributed by atoms with van der Waals surface area (Å²) in [4.78, 5) is 12.5. The maximum atomic E-state index is 12.5. The molecule has 1 heterocycles. The first-order chi connectivity index (χ1) is 12.2. The average molecular weight is 338 g/mol. The summed E-state index contributed by atoms with van der Waals surface area (Å²) in [6.07, 6.45) is 3.16. The van der Waals surface area contributed by atoms with E-state index >= 15 is 0 Å². The number of aromatic nitrogens is 2. The highest BCUT2D eigenvalue weighted by Crippen LogP contribution is 2.38. The monoisotopic (exact) mass is 338 g/mol. The zero-order valence-corrected chi connectivity index (χ0v) is 14.2. The van der Waals surface area contributed by atoms with Gasteiger partial charge in [-0.1, -0.05) is 18.2 Å². The van der Waals surface area contributed by atoms with Crippen molar-refractivity contribution in [2.24, 2.45) is 0 Å². The first-order valence-electron chi connectivity index (χ1n) is 7.63. The second-order valence-corrected chi connectivity index (χ2v) is 5.27. The predicted molar refractivity (Wildman–Crippen MR) is 95.6 cm³/mol. The van der Waals surface area contributed by atoms with E-state index in [9.17, 15) is 4.79 Å². The molecule has 0 saturated carbocycles. The lowest BCUT2D eigenvalue weighted by Gasteiger charge is -2.13. The van der Waals surface area contributed by atoms with E-state index in [1.165, 1.54) is 27.4 Å². The molecule has 1 N–H and O–H groups in total. The third-order valence-corrected chi connectivity index (χ3v) is 3.84. The van der Waals surface area contributed by atoms with Crippen LogP contribution in [0, 0.1) is 0 Å². The van der Waals surface area contributed by atoms with Gasteiger partial charge in [0.1, 0.15) is 0 Å². The number of H-pyrrole nitrogens is 1. The van der Waals surface area contributed by atoms with Gasteiger partial charge >= 0.3 is 0 Å². The van der Waals surface area contributed by atoms with Crippen LogP contribution in [0.3, 0.4) is 0 Å². The van der Waals surface area contributed by atoms with E-state index < -0.39 is 0 Å². The van der Waals surface area contributed by atoms with Gasteiger partial charge in [0.2, 0.25) is 5.75 Å². The van der Waals surface area contributed by atoms with Crippen molar-refractivity contribution >= 4 is 22.8 Å². The molecule has 6 nitrogen and oxygen atoms in total. The minimum atomic E-state index is -0.189. The molecule has 25 heavy (non-hydrogen) atoms. The van der Waals surface area contributed by atoms with E-state index in [1.807, 2.05) is 24.3 Å². The van der Waals surface area contributed by atoms with Gasteiger partial charge in [0.25, 0.3) is 0 Å². The molecule has 0 bridgehead atoms. The van der Waals surface area contributed by atoms with Crippen molar-refractivity contribution in [3.8, 4) is 17.2 Å². The van der Waals surface area contributed by atoms with Gasteiger partial charge in [0, 0.05) is 10.9 Å². The van der Waals surface area contributed by atoms with Gasteiger partial charge in [0.15, 0.2) is 17.3 Å². The third kappa shape index (κ3) is 3.19. The first kappa shape index (κ1) is 16.6. The third-order valence-electron chi connectivity index (χ3n) is 3.84. The van der Waals surface area contributed by atoms with E-state index in [0.29, 0.717) is 28.5 Å². The lowest BCUT2D eigenvalue weighted by molar-refractivity contribution is 0.104. The summed E-state index contributed by atoms with van der Waals surface area (Å²) < 4.78 is 15.8. The molecular weight excluding hydrogens is 320 g/mol. The van der Waals surface area contributed by atoms with Gasteiger partial charge in [0.05, 0.1) is 32.5 Å². The van der Waals surface area contributed by atoms with E-state index in [-0.39, 0.29) is 5.78 Å². The predicted octanol–water partition coefficient (Wildman–Crippen LogP) is 3.48. The van der Waals surface area contributed by atoms with Crippen LogP contribution in [0.4, 0.5) is 0 Å². The number of hydrogen-bond acceptors (Lipinski definition) is 5. The summed E-state index contributed by atoms with van der Waals surface area (Å²) in [7, 11) is 4.54. The Bertz CT molecular complexity index is 918. The van der Waals surface area contributed by atoms with E-state index in [2.05, 4.69) is 10.2 Å². The van der Waals surface area contributed by atoms with Gasteiger partial charge in [-0.2, -0.15) is 5.10 Å². The highest BCUT2D eigenvalue weighted by Gasteiger charge is 2.15. The summed E-state index contributed by atoms with van der Waals surface area (Å²) in [5, 5.41) is 8.11. The first-order valence-corrected chi connectivity index (χ1v) is 7.63. The highest BCUT2D eigenvalue weighted by atomic mass is 16.5. The molecule has 6 heteroatoms. The number of nitrogens with one attached hydrogen (secondary N) is 1. The van der Waals surface area contributed by atoms with E-state index in [4.69, 9.17) is 14.2 Å². The van der Waals surface area contributed by atoms with E-state index in [1.54, 1.807) is 18.2 Å². The molecule has 0 unspecified atom stereocenters. The van der Waals surface area contributed by atoms with Crippen molar-refractivity contribution in [2.75, 3.05) is 21.3 Å². The lowest BCUT2D eigenvalue weighted by atomic mass is 10.1. The Morgan fingerprint density at radius 1 is 1.04 bits per heavy atom. The highest BCUT2D eigenvalue weighted by molar-refractivity contribution is 6.08. The second-order valence-electron chi connectivity index (χ2n) is 5.27. The molecule has 0 radical (unpaired) electrons. The van der Waals surface area contributed by atoms with Crippen molar-refractivity contribution in [1.82, 2.24) is 10.2 Å². The van der Waals surface area contributed by atoms with Crippen LogP contribution in [0.2, 0.25) is 0 Å². The van der Waals surface area contributed by atoms with Crippen molar-refractivity contribution < 1.29 is 19.0 Å². The zero-order valence-electron chi connectivity index (χ0n) is 14.2. The Morgan fingerprint density at radius 3 is 2.36 bits per heavy atom. The fraction of sp³-hybridized carbons (Fsp3) is 0.158. The summed E-state index contributed by atoms with van der Waals surface area (Å²) in [5.41, 5.74) is 2.06. The number of para-hydroxylation sites is 1.